The second-order valence-corrected chi connectivity index (χ2v) is 2.44. The van der Waals surface area contributed by atoms with Crippen LogP contribution >= 0.6 is 0 Å². The average molecular weight is 137 g/mol. The van der Waals surface area contributed by atoms with Gasteiger partial charge in [-0.15, -0.1) is 0 Å². The van der Waals surface area contributed by atoms with Gasteiger partial charge in [0.2, 0.25) is 0 Å². The Morgan fingerprint density at radius 2 is 2.40 bits per heavy atom. The summed E-state index contributed by atoms with van der Waals surface area (Å²) in [6.45, 7) is 0. The standard InChI is InChI=1S/C7H7NO2/c9-6-2-1-3-7-5(6)4-8-10-7/h4H,1-3H2. The molecule has 1 aromatic rings. The minimum Gasteiger partial charge on any atom is -0.361 e. The van der Waals surface area contributed by atoms with Crippen molar-refractivity contribution in [2.45, 2.75) is 19.3 Å². The highest BCUT2D eigenvalue weighted by atomic mass is 16.5. The van der Waals surface area contributed by atoms with Crippen LogP contribution in [0.25, 0.3) is 0 Å². The van der Waals surface area contributed by atoms with Crippen LogP contribution in [0.4, 0.5) is 0 Å². The fourth-order valence-electron chi connectivity index (χ4n) is 1.22. The molecular weight excluding hydrogens is 130 g/mol. The van der Waals surface area contributed by atoms with Crippen LogP contribution in [-0.4, -0.2) is 10.9 Å². The SMILES string of the molecule is O=C1CCCc2oncc21. The molecule has 0 spiro atoms. The maximum Gasteiger partial charge on any atom is 0.168 e. The molecule has 0 bridgehead atoms. The first-order valence-electron chi connectivity index (χ1n) is 3.34. The number of fused-ring (bicyclic) bond motifs is 1. The van der Waals surface area contributed by atoms with Crippen molar-refractivity contribution in [3.8, 4) is 0 Å². The monoisotopic (exact) mass is 137 g/mol. The van der Waals surface area contributed by atoms with E-state index in [1.165, 1.54) is 6.20 Å². The topological polar surface area (TPSA) is 43.1 Å². The Morgan fingerprint density at radius 3 is 3.20 bits per heavy atom. The molecule has 0 fully saturated rings. The summed E-state index contributed by atoms with van der Waals surface area (Å²) in [4.78, 5) is 11.0. The van der Waals surface area contributed by atoms with Gasteiger partial charge in [-0.2, -0.15) is 0 Å². The lowest BCUT2D eigenvalue weighted by Crippen LogP contribution is -2.07. The number of ketones is 1. The lowest BCUT2D eigenvalue weighted by molar-refractivity contribution is 0.0969. The molecule has 0 radical (unpaired) electrons. The number of nitrogens with zero attached hydrogens (tertiary/aromatic N) is 1. The van der Waals surface area contributed by atoms with Crippen molar-refractivity contribution in [3.05, 3.63) is 17.5 Å². The highest BCUT2D eigenvalue weighted by Crippen LogP contribution is 2.19. The van der Waals surface area contributed by atoms with Gasteiger partial charge in [0.05, 0.1) is 11.8 Å². The summed E-state index contributed by atoms with van der Waals surface area (Å²) in [5.74, 6) is 0.929. The molecule has 1 aliphatic rings. The molecule has 1 aromatic heterocycles. The molecule has 1 aliphatic carbocycles. The van der Waals surface area contributed by atoms with Crippen molar-refractivity contribution < 1.29 is 9.32 Å². The van der Waals surface area contributed by atoms with Gasteiger partial charge in [-0.05, 0) is 6.42 Å². The van der Waals surface area contributed by atoms with Gasteiger partial charge in [0, 0.05) is 12.8 Å². The van der Waals surface area contributed by atoms with E-state index < -0.39 is 0 Å². The largest absolute Gasteiger partial charge is 0.361 e. The second-order valence-electron chi connectivity index (χ2n) is 2.44. The number of rotatable bonds is 0. The van der Waals surface area contributed by atoms with E-state index in [1.807, 2.05) is 0 Å². The van der Waals surface area contributed by atoms with Crippen LogP contribution < -0.4 is 0 Å². The molecule has 3 nitrogen and oxygen atoms in total. The highest BCUT2D eigenvalue weighted by Gasteiger charge is 2.20. The summed E-state index contributed by atoms with van der Waals surface area (Å²) in [6.07, 6.45) is 3.92. The Morgan fingerprint density at radius 1 is 1.50 bits per heavy atom. The Kier molecular flexibility index (Phi) is 1.09. The Bertz CT molecular complexity index is 264. The second kappa shape index (κ2) is 1.94. The van der Waals surface area contributed by atoms with E-state index in [1.54, 1.807) is 0 Å². The van der Waals surface area contributed by atoms with Gasteiger partial charge in [-0.25, -0.2) is 0 Å². The first kappa shape index (κ1) is 5.65. The highest BCUT2D eigenvalue weighted by molar-refractivity contribution is 5.97. The number of Topliss-reactive ketones (excluding diaryl/α,β-unsaturated/α-hetero) is 1. The third-order valence-corrected chi connectivity index (χ3v) is 1.75. The van der Waals surface area contributed by atoms with Gasteiger partial charge in [0.1, 0.15) is 5.76 Å². The number of hydrogen-bond donors (Lipinski definition) is 0. The first-order valence-corrected chi connectivity index (χ1v) is 3.34. The van der Waals surface area contributed by atoms with E-state index in [2.05, 4.69) is 5.16 Å². The van der Waals surface area contributed by atoms with Gasteiger partial charge in [0.15, 0.2) is 5.78 Å². The van der Waals surface area contributed by atoms with Gasteiger partial charge >= 0.3 is 0 Å². The van der Waals surface area contributed by atoms with E-state index in [9.17, 15) is 4.79 Å². The van der Waals surface area contributed by atoms with Crippen LogP contribution in [0.1, 0.15) is 29.0 Å². The van der Waals surface area contributed by atoms with Crippen molar-refractivity contribution in [2.24, 2.45) is 0 Å². The summed E-state index contributed by atoms with van der Waals surface area (Å²) in [5, 5.41) is 3.56. The predicted molar refractivity (Wildman–Crippen MR) is 33.8 cm³/mol. The van der Waals surface area contributed by atoms with Gasteiger partial charge in [-0.1, -0.05) is 5.16 Å². The Hall–Kier alpha value is -1.12. The van der Waals surface area contributed by atoms with E-state index >= 15 is 0 Å². The molecule has 10 heavy (non-hydrogen) atoms. The van der Waals surface area contributed by atoms with Gasteiger partial charge in [-0.3, -0.25) is 4.79 Å². The molecule has 1 heterocycles. The minimum atomic E-state index is 0.169. The zero-order valence-electron chi connectivity index (χ0n) is 5.46. The first-order chi connectivity index (χ1) is 4.88. The molecule has 2 rings (SSSR count). The average Bonchev–Trinajstić information content (AvgIpc) is 2.36. The predicted octanol–water partition coefficient (Wildman–Crippen LogP) is 1.19. The maximum atomic E-state index is 11.0. The molecule has 0 atom stereocenters. The Balaban J connectivity index is 2.50. The van der Waals surface area contributed by atoms with Gasteiger partial charge < -0.3 is 4.52 Å². The molecule has 0 N–H and O–H groups in total. The smallest absolute Gasteiger partial charge is 0.168 e. The molecule has 0 aromatic carbocycles. The maximum absolute atomic E-state index is 11.0. The van der Waals surface area contributed by atoms with Crippen molar-refractivity contribution in [1.29, 1.82) is 0 Å². The van der Waals surface area contributed by atoms with Crippen LogP contribution in [0, 0.1) is 0 Å². The molecule has 52 valence electrons. The molecule has 0 unspecified atom stereocenters. The lowest BCUT2D eigenvalue weighted by atomic mass is 9.98. The number of carbonyl (C=O) groups excluding carboxylic acids is 1. The number of hydrogen-bond acceptors (Lipinski definition) is 3. The van der Waals surface area contributed by atoms with Gasteiger partial charge in [0.25, 0.3) is 0 Å². The van der Waals surface area contributed by atoms with E-state index in [4.69, 9.17) is 4.52 Å². The third kappa shape index (κ3) is 0.667. The summed E-state index contributed by atoms with van der Waals surface area (Å²) in [7, 11) is 0. The van der Waals surface area contributed by atoms with Crippen LogP contribution in [0.3, 0.4) is 0 Å². The van der Waals surface area contributed by atoms with E-state index in [0.29, 0.717) is 12.0 Å². The minimum absolute atomic E-state index is 0.169. The van der Waals surface area contributed by atoms with E-state index in [-0.39, 0.29) is 5.78 Å². The zero-order chi connectivity index (χ0) is 6.97. The number of carbonyl (C=O) groups is 1. The lowest BCUT2D eigenvalue weighted by Gasteiger charge is -2.04. The fraction of sp³-hybridized carbons (Fsp3) is 0.429. The molecule has 0 saturated heterocycles. The summed E-state index contributed by atoms with van der Waals surface area (Å²) >= 11 is 0. The van der Waals surface area contributed by atoms with E-state index in [0.717, 1.165) is 18.6 Å². The van der Waals surface area contributed by atoms with Crippen LogP contribution in [0.5, 0.6) is 0 Å². The van der Waals surface area contributed by atoms with Crippen LogP contribution in [-0.2, 0) is 6.42 Å². The van der Waals surface area contributed by atoms with Crippen LogP contribution in [0.2, 0.25) is 0 Å². The van der Waals surface area contributed by atoms with Crippen molar-refractivity contribution in [1.82, 2.24) is 5.16 Å². The van der Waals surface area contributed by atoms with Crippen molar-refractivity contribution in [3.63, 3.8) is 0 Å². The molecule has 3 heteroatoms. The quantitative estimate of drug-likeness (QED) is 0.539. The normalized spacial score (nSPS) is 17.0. The third-order valence-electron chi connectivity index (χ3n) is 1.75. The zero-order valence-corrected chi connectivity index (χ0v) is 5.46. The Labute approximate surface area is 58.0 Å². The molecular formula is C7H7NO2. The number of aromatic nitrogens is 1. The number of aryl methyl sites for hydroxylation is 1. The van der Waals surface area contributed by atoms with Crippen LogP contribution in [0.15, 0.2) is 10.7 Å². The molecule has 0 saturated carbocycles. The summed E-state index contributed by atoms with van der Waals surface area (Å²) in [6, 6.07) is 0. The molecule has 0 aliphatic heterocycles. The molecule has 0 amide bonds. The summed E-state index contributed by atoms with van der Waals surface area (Å²) < 4.78 is 4.86. The van der Waals surface area contributed by atoms with Crippen molar-refractivity contribution >= 4 is 5.78 Å². The summed E-state index contributed by atoms with van der Waals surface area (Å²) in [5.41, 5.74) is 0.686. The fourth-order valence-corrected chi connectivity index (χ4v) is 1.22. The van der Waals surface area contributed by atoms with Crippen molar-refractivity contribution in [2.75, 3.05) is 0 Å².